The van der Waals surface area contributed by atoms with Gasteiger partial charge in [0.05, 0.1) is 5.41 Å². The van der Waals surface area contributed by atoms with Crippen molar-refractivity contribution in [1.29, 1.82) is 0 Å². The first kappa shape index (κ1) is 15.8. The van der Waals surface area contributed by atoms with Crippen LogP contribution in [0, 0.1) is 17.3 Å². The Hall–Kier alpha value is -0.570. The summed E-state index contributed by atoms with van der Waals surface area (Å²) in [5.74, 6) is 0.781. The number of rotatable bonds is 5. The molecule has 2 atom stereocenters. The second-order valence-corrected chi connectivity index (χ2v) is 7.49. The zero-order valence-corrected chi connectivity index (χ0v) is 13.2. The van der Waals surface area contributed by atoms with Crippen LogP contribution in [0.25, 0.3) is 0 Å². The molecule has 3 nitrogen and oxygen atoms in total. The van der Waals surface area contributed by atoms with Gasteiger partial charge in [-0.3, -0.25) is 4.79 Å². The van der Waals surface area contributed by atoms with E-state index in [9.17, 15) is 9.90 Å². The molecular weight excluding hydrogens is 250 g/mol. The van der Waals surface area contributed by atoms with Crippen molar-refractivity contribution in [3.05, 3.63) is 0 Å². The van der Waals surface area contributed by atoms with Crippen LogP contribution in [0.1, 0.15) is 64.7 Å². The number of aliphatic carboxylic acids is 1. The summed E-state index contributed by atoms with van der Waals surface area (Å²) in [7, 11) is 2.12. The largest absolute Gasteiger partial charge is 0.481 e. The summed E-state index contributed by atoms with van der Waals surface area (Å²) < 4.78 is 0. The van der Waals surface area contributed by atoms with Gasteiger partial charge in [0, 0.05) is 13.1 Å². The van der Waals surface area contributed by atoms with Crippen LogP contribution in [0.4, 0.5) is 0 Å². The van der Waals surface area contributed by atoms with Gasteiger partial charge in [-0.2, -0.15) is 0 Å². The van der Waals surface area contributed by atoms with Crippen LogP contribution in [-0.4, -0.2) is 36.1 Å². The van der Waals surface area contributed by atoms with Gasteiger partial charge < -0.3 is 10.0 Å². The first-order valence-electron chi connectivity index (χ1n) is 8.44. The molecule has 0 aromatic heterocycles. The fourth-order valence-corrected chi connectivity index (χ4v) is 4.46. The van der Waals surface area contributed by atoms with Crippen LogP contribution < -0.4 is 0 Å². The average Bonchev–Trinajstić information content (AvgIpc) is 2.39. The van der Waals surface area contributed by atoms with E-state index in [-0.39, 0.29) is 0 Å². The lowest BCUT2D eigenvalue weighted by Gasteiger charge is -2.40. The fraction of sp³-hybridized carbons (Fsp3) is 0.941. The summed E-state index contributed by atoms with van der Waals surface area (Å²) >= 11 is 0. The number of hydrogen-bond acceptors (Lipinski definition) is 2. The molecule has 0 spiro atoms. The summed E-state index contributed by atoms with van der Waals surface area (Å²) in [6, 6.07) is 0. The first-order chi connectivity index (χ1) is 9.52. The SMILES string of the molecule is CC1CCCC(CN(C)CC2CCCCC2)(C(=O)O)C1. The quantitative estimate of drug-likeness (QED) is 0.833. The number of carbonyl (C=O) groups is 1. The summed E-state index contributed by atoms with van der Waals surface area (Å²) in [5.41, 5.74) is -0.485. The second kappa shape index (κ2) is 6.93. The van der Waals surface area contributed by atoms with Gasteiger partial charge in [0.25, 0.3) is 0 Å². The third-order valence-corrected chi connectivity index (χ3v) is 5.41. The Morgan fingerprint density at radius 1 is 1.20 bits per heavy atom. The van der Waals surface area contributed by atoms with E-state index in [1.165, 1.54) is 38.5 Å². The molecule has 2 aliphatic rings. The molecule has 2 saturated carbocycles. The van der Waals surface area contributed by atoms with Gasteiger partial charge in [0.1, 0.15) is 0 Å². The van der Waals surface area contributed by atoms with E-state index >= 15 is 0 Å². The van der Waals surface area contributed by atoms with Crippen LogP contribution in [0.5, 0.6) is 0 Å². The molecule has 2 fully saturated rings. The maximum Gasteiger partial charge on any atom is 0.310 e. The van der Waals surface area contributed by atoms with E-state index in [1.807, 2.05) is 0 Å². The average molecular weight is 281 g/mol. The van der Waals surface area contributed by atoms with Crippen molar-refractivity contribution in [2.24, 2.45) is 17.3 Å². The molecule has 0 amide bonds. The molecule has 3 heteroatoms. The Balaban J connectivity index is 1.91. The van der Waals surface area contributed by atoms with Gasteiger partial charge in [0.2, 0.25) is 0 Å². The lowest BCUT2D eigenvalue weighted by molar-refractivity contribution is -0.153. The Morgan fingerprint density at radius 2 is 1.90 bits per heavy atom. The van der Waals surface area contributed by atoms with Crippen molar-refractivity contribution in [3.63, 3.8) is 0 Å². The van der Waals surface area contributed by atoms with E-state index in [0.29, 0.717) is 5.92 Å². The molecule has 0 radical (unpaired) electrons. The highest BCUT2D eigenvalue weighted by Gasteiger charge is 2.42. The van der Waals surface area contributed by atoms with Gasteiger partial charge >= 0.3 is 5.97 Å². The smallest absolute Gasteiger partial charge is 0.310 e. The number of carboxylic acids is 1. The third-order valence-electron chi connectivity index (χ3n) is 5.41. The van der Waals surface area contributed by atoms with Gasteiger partial charge in [-0.1, -0.05) is 39.0 Å². The van der Waals surface area contributed by atoms with E-state index in [4.69, 9.17) is 0 Å². The molecule has 2 aliphatic carbocycles. The molecule has 1 N–H and O–H groups in total. The van der Waals surface area contributed by atoms with Crippen LogP contribution in [0.15, 0.2) is 0 Å². The monoisotopic (exact) mass is 281 g/mol. The Bertz CT molecular complexity index is 325. The summed E-state index contributed by atoms with van der Waals surface area (Å²) in [5, 5.41) is 9.73. The zero-order chi connectivity index (χ0) is 14.6. The highest BCUT2D eigenvalue weighted by molar-refractivity contribution is 5.75. The van der Waals surface area contributed by atoms with Gasteiger partial charge in [-0.25, -0.2) is 0 Å². The van der Waals surface area contributed by atoms with E-state index < -0.39 is 11.4 Å². The van der Waals surface area contributed by atoms with Crippen molar-refractivity contribution >= 4 is 5.97 Å². The Morgan fingerprint density at radius 3 is 2.50 bits per heavy atom. The van der Waals surface area contributed by atoms with Crippen molar-refractivity contribution in [2.75, 3.05) is 20.1 Å². The predicted octanol–water partition coefficient (Wildman–Crippen LogP) is 3.78. The standard InChI is InChI=1S/C17H31NO2/c1-14-7-6-10-17(11-14,16(19)20)13-18(2)12-15-8-4-3-5-9-15/h14-15H,3-13H2,1-2H3,(H,19,20). The molecule has 0 aliphatic heterocycles. The maximum absolute atomic E-state index is 11.8. The number of hydrogen-bond donors (Lipinski definition) is 1. The minimum absolute atomic E-state index is 0.485. The molecule has 0 bridgehead atoms. The molecule has 2 rings (SSSR count). The van der Waals surface area contributed by atoms with E-state index in [0.717, 1.165) is 38.3 Å². The van der Waals surface area contributed by atoms with Gasteiger partial charge in [-0.15, -0.1) is 0 Å². The normalized spacial score (nSPS) is 32.5. The topological polar surface area (TPSA) is 40.5 Å². The molecule has 0 saturated heterocycles. The maximum atomic E-state index is 11.8. The molecule has 0 aromatic carbocycles. The molecule has 116 valence electrons. The number of nitrogens with zero attached hydrogens (tertiary/aromatic N) is 1. The van der Waals surface area contributed by atoms with Crippen LogP contribution in [-0.2, 0) is 4.79 Å². The molecule has 2 unspecified atom stereocenters. The van der Waals surface area contributed by atoms with Gasteiger partial charge in [0.15, 0.2) is 0 Å². The molecule has 0 heterocycles. The number of carboxylic acid groups (broad SMARTS) is 1. The van der Waals surface area contributed by atoms with Crippen molar-refractivity contribution in [3.8, 4) is 0 Å². The molecule has 0 aromatic rings. The minimum atomic E-state index is -0.570. The second-order valence-electron chi connectivity index (χ2n) is 7.49. The molecular formula is C17H31NO2. The lowest BCUT2D eigenvalue weighted by atomic mass is 9.69. The summed E-state index contributed by atoms with van der Waals surface area (Å²) in [6.07, 6.45) is 10.8. The van der Waals surface area contributed by atoms with Crippen LogP contribution in [0.3, 0.4) is 0 Å². The lowest BCUT2D eigenvalue weighted by Crippen LogP contribution is -2.46. The fourth-order valence-electron chi connectivity index (χ4n) is 4.46. The summed E-state index contributed by atoms with van der Waals surface area (Å²) in [4.78, 5) is 14.1. The zero-order valence-electron chi connectivity index (χ0n) is 13.2. The first-order valence-corrected chi connectivity index (χ1v) is 8.44. The van der Waals surface area contributed by atoms with Crippen molar-refractivity contribution < 1.29 is 9.90 Å². The highest BCUT2D eigenvalue weighted by Crippen LogP contribution is 2.40. The van der Waals surface area contributed by atoms with Crippen molar-refractivity contribution in [1.82, 2.24) is 4.90 Å². The van der Waals surface area contributed by atoms with E-state index in [2.05, 4.69) is 18.9 Å². The minimum Gasteiger partial charge on any atom is -0.481 e. The van der Waals surface area contributed by atoms with Crippen LogP contribution in [0.2, 0.25) is 0 Å². The Labute approximate surface area is 123 Å². The summed E-state index contributed by atoms with van der Waals surface area (Å²) in [6.45, 7) is 4.03. The Kier molecular flexibility index (Phi) is 5.48. The third kappa shape index (κ3) is 3.97. The predicted molar refractivity (Wildman–Crippen MR) is 81.8 cm³/mol. The van der Waals surface area contributed by atoms with Gasteiger partial charge in [-0.05, 0) is 44.6 Å². The van der Waals surface area contributed by atoms with Crippen molar-refractivity contribution in [2.45, 2.75) is 64.7 Å². The molecule has 20 heavy (non-hydrogen) atoms. The van der Waals surface area contributed by atoms with E-state index in [1.54, 1.807) is 0 Å². The highest BCUT2D eigenvalue weighted by atomic mass is 16.4. The van der Waals surface area contributed by atoms with Crippen LogP contribution >= 0.6 is 0 Å².